The van der Waals surface area contributed by atoms with E-state index in [0.29, 0.717) is 24.5 Å². The average molecular weight is 267 g/mol. The molecule has 0 radical (unpaired) electrons. The predicted octanol–water partition coefficient (Wildman–Crippen LogP) is 0.915. The Balaban J connectivity index is 2.36. The van der Waals surface area contributed by atoms with Crippen molar-refractivity contribution in [1.29, 1.82) is 0 Å². The Labute approximate surface area is 111 Å². The predicted molar refractivity (Wildman–Crippen MR) is 69.1 cm³/mol. The third-order valence-electron chi connectivity index (χ3n) is 2.26. The van der Waals surface area contributed by atoms with Crippen LogP contribution in [0, 0.1) is 0 Å². The van der Waals surface area contributed by atoms with Crippen LogP contribution in [0.3, 0.4) is 0 Å². The Kier molecular flexibility index (Phi) is 6.56. The van der Waals surface area contributed by atoms with Gasteiger partial charge in [0.25, 0.3) is 0 Å². The van der Waals surface area contributed by atoms with Gasteiger partial charge in [-0.25, -0.2) is 0 Å². The van der Waals surface area contributed by atoms with Crippen LogP contribution in [0.15, 0.2) is 24.3 Å². The highest BCUT2D eigenvalue weighted by molar-refractivity contribution is 5.91. The van der Waals surface area contributed by atoms with E-state index < -0.39 is 5.97 Å². The summed E-state index contributed by atoms with van der Waals surface area (Å²) in [6.07, 6.45) is -0.0334. The van der Waals surface area contributed by atoms with E-state index in [-0.39, 0.29) is 18.9 Å². The molecule has 0 spiro atoms. The van der Waals surface area contributed by atoms with Gasteiger partial charge in [0.1, 0.15) is 6.61 Å². The fourth-order valence-corrected chi connectivity index (χ4v) is 1.38. The summed E-state index contributed by atoms with van der Waals surface area (Å²) in [6.45, 7) is 0.763. The lowest BCUT2D eigenvalue weighted by Crippen LogP contribution is -2.19. The first-order valence-corrected chi connectivity index (χ1v) is 5.79. The molecule has 0 unspecified atom stereocenters. The lowest BCUT2D eigenvalue weighted by atomic mass is 10.1. The third kappa shape index (κ3) is 6.54. The molecule has 19 heavy (non-hydrogen) atoms. The van der Waals surface area contributed by atoms with E-state index in [9.17, 15) is 9.59 Å². The van der Waals surface area contributed by atoms with Crippen LogP contribution >= 0.6 is 0 Å². The first-order chi connectivity index (χ1) is 9.11. The molecule has 104 valence electrons. The summed E-state index contributed by atoms with van der Waals surface area (Å²) in [5.74, 6) is -1.15. The van der Waals surface area contributed by atoms with E-state index in [1.807, 2.05) is 0 Å². The summed E-state index contributed by atoms with van der Waals surface area (Å²) in [4.78, 5) is 22.0. The van der Waals surface area contributed by atoms with Crippen LogP contribution in [0.25, 0.3) is 0 Å². The maximum Gasteiger partial charge on any atom is 0.307 e. The molecule has 2 N–H and O–H groups in total. The Morgan fingerprint density at radius 1 is 1.21 bits per heavy atom. The third-order valence-corrected chi connectivity index (χ3v) is 2.26. The van der Waals surface area contributed by atoms with Crippen molar-refractivity contribution in [2.24, 2.45) is 0 Å². The molecule has 1 aromatic rings. The fourth-order valence-electron chi connectivity index (χ4n) is 1.38. The summed E-state index contributed by atoms with van der Waals surface area (Å²) in [6, 6.07) is 6.64. The van der Waals surface area contributed by atoms with Crippen molar-refractivity contribution in [3.05, 3.63) is 29.8 Å². The van der Waals surface area contributed by atoms with E-state index in [1.165, 1.54) is 0 Å². The first kappa shape index (κ1) is 15.1. The van der Waals surface area contributed by atoms with Crippen LogP contribution in [0.1, 0.15) is 5.56 Å². The number of methoxy groups -OCH3 is 1. The number of rotatable bonds is 8. The van der Waals surface area contributed by atoms with Gasteiger partial charge in [0.2, 0.25) is 5.91 Å². The molecular weight excluding hydrogens is 250 g/mol. The van der Waals surface area contributed by atoms with Crippen LogP contribution in [0.2, 0.25) is 0 Å². The second-order valence-electron chi connectivity index (χ2n) is 3.86. The van der Waals surface area contributed by atoms with E-state index >= 15 is 0 Å². The normalized spacial score (nSPS) is 10.2. The zero-order chi connectivity index (χ0) is 14.1. The molecule has 0 atom stereocenters. The lowest BCUT2D eigenvalue weighted by Gasteiger charge is -2.06. The SMILES string of the molecule is COCCOCC(=O)Nc1ccc(CC(=O)O)cc1. The standard InChI is InChI=1S/C13H17NO5/c1-18-6-7-19-9-12(15)14-11-4-2-10(3-5-11)8-13(16)17/h2-5H,6-9H2,1H3,(H,14,15)(H,16,17). The number of benzene rings is 1. The number of carbonyl (C=O) groups excluding carboxylic acids is 1. The van der Waals surface area contributed by atoms with Gasteiger partial charge >= 0.3 is 5.97 Å². The Bertz CT molecular complexity index is 416. The highest BCUT2D eigenvalue weighted by Gasteiger charge is 2.04. The summed E-state index contributed by atoms with van der Waals surface area (Å²) >= 11 is 0. The van der Waals surface area contributed by atoms with E-state index in [0.717, 1.165) is 0 Å². The molecule has 1 rings (SSSR count). The van der Waals surface area contributed by atoms with Crippen molar-refractivity contribution in [3.8, 4) is 0 Å². The second kappa shape index (κ2) is 8.23. The van der Waals surface area contributed by atoms with Crippen LogP contribution < -0.4 is 5.32 Å². The largest absolute Gasteiger partial charge is 0.481 e. The molecular formula is C13H17NO5. The monoisotopic (exact) mass is 267 g/mol. The number of hydrogen-bond donors (Lipinski definition) is 2. The van der Waals surface area contributed by atoms with Gasteiger partial charge in [0.05, 0.1) is 19.6 Å². The fraction of sp³-hybridized carbons (Fsp3) is 0.385. The minimum Gasteiger partial charge on any atom is -0.481 e. The van der Waals surface area contributed by atoms with Crippen molar-refractivity contribution in [2.45, 2.75) is 6.42 Å². The van der Waals surface area contributed by atoms with E-state index in [1.54, 1.807) is 31.4 Å². The average Bonchev–Trinajstić information content (AvgIpc) is 2.36. The first-order valence-electron chi connectivity index (χ1n) is 5.79. The molecule has 0 fully saturated rings. The topological polar surface area (TPSA) is 84.9 Å². The van der Waals surface area contributed by atoms with Gasteiger partial charge in [-0.15, -0.1) is 0 Å². The molecule has 0 bridgehead atoms. The van der Waals surface area contributed by atoms with Gasteiger partial charge < -0.3 is 19.9 Å². The lowest BCUT2D eigenvalue weighted by molar-refractivity contribution is -0.136. The van der Waals surface area contributed by atoms with Gasteiger partial charge in [-0.1, -0.05) is 12.1 Å². The van der Waals surface area contributed by atoms with Crippen molar-refractivity contribution in [2.75, 3.05) is 32.2 Å². The molecule has 6 nitrogen and oxygen atoms in total. The van der Waals surface area contributed by atoms with Crippen molar-refractivity contribution in [3.63, 3.8) is 0 Å². The van der Waals surface area contributed by atoms with Crippen LogP contribution in [0.4, 0.5) is 5.69 Å². The number of amides is 1. The minimum absolute atomic E-state index is 0.0334. The quantitative estimate of drug-likeness (QED) is 0.684. The van der Waals surface area contributed by atoms with Crippen molar-refractivity contribution in [1.82, 2.24) is 0 Å². The minimum atomic E-state index is -0.886. The van der Waals surface area contributed by atoms with Gasteiger partial charge in [-0.05, 0) is 17.7 Å². The van der Waals surface area contributed by atoms with Crippen LogP contribution in [-0.4, -0.2) is 43.9 Å². The number of carbonyl (C=O) groups is 2. The number of anilines is 1. The highest BCUT2D eigenvalue weighted by Crippen LogP contribution is 2.10. The molecule has 0 aliphatic carbocycles. The molecule has 1 aromatic carbocycles. The van der Waals surface area contributed by atoms with Crippen molar-refractivity contribution < 1.29 is 24.2 Å². The van der Waals surface area contributed by atoms with Gasteiger partial charge in [-0.2, -0.15) is 0 Å². The van der Waals surface area contributed by atoms with Gasteiger partial charge in [-0.3, -0.25) is 9.59 Å². The zero-order valence-electron chi connectivity index (χ0n) is 10.7. The number of nitrogens with one attached hydrogen (secondary N) is 1. The van der Waals surface area contributed by atoms with Gasteiger partial charge in [0.15, 0.2) is 0 Å². The number of carboxylic acids is 1. The van der Waals surface area contributed by atoms with E-state index in [4.69, 9.17) is 14.6 Å². The molecule has 0 heterocycles. The Morgan fingerprint density at radius 3 is 2.47 bits per heavy atom. The summed E-state index contributed by atoms with van der Waals surface area (Å²) < 4.78 is 9.85. The smallest absolute Gasteiger partial charge is 0.307 e. The summed E-state index contributed by atoms with van der Waals surface area (Å²) in [5, 5.41) is 11.3. The zero-order valence-corrected chi connectivity index (χ0v) is 10.7. The van der Waals surface area contributed by atoms with Gasteiger partial charge in [0, 0.05) is 12.8 Å². The number of hydrogen-bond acceptors (Lipinski definition) is 4. The number of aliphatic carboxylic acids is 1. The molecule has 6 heteroatoms. The molecule has 0 saturated carbocycles. The van der Waals surface area contributed by atoms with E-state index in [2.05, 4.69) is 5.32 Å². The maximum atomic E-state index is 11.5. The maximum absolute atomic E-state index is 11.5. The molecule has 0 aromatic heterocycles. The van der Waals surface area contributed by atoms with Crippen LogP contribution in [-0.2, 0) is 25.5 Å². The second-order valence-corrected chi connectivity index (χ2v) is 3.86. The summed E-state index contributed by atoms with van der Waals surface area (Å²) in [7, 11) is 1.56. The van der Waals surface area contributed by atoms with Crippen molar-refractivity contribution >= 4 is 17.6 Å². The summed E-state index contributed by atoms with van der Waals surface area (Å²) in [5.41, 5.74) is 1.29. The highest BCUT2D eigenvalue weighted by atomic mass is 16.5. The molecule has 0 saturated heterocycles. The molecule has 0 aliphatic rings. The Morgan fingerprint density at radius 2 is 1.89 bits per heavy atom. The van der Waals surface area contributed by atoms with Crippen LogP contribution in [0.5, 0.6) is 0 Å². The number of carboxylic acid groups (broad SMARTS) is 1. The molecule has 0 aliphatic heterocycles. The Hall–Kier alpha value is -1.92. The number of ether oxygens (including phenoxy) is 2. The molecule has 1 amide bonds.